The van der Waals surface area contributed by atoms with Gasteiger partial charge in [-0.25, -0.2) is 9.78 Å². The second-order valence-corrected chi connectivity index (χ2v) is 6.80. The van der Waals surface area contributed by atoms with Gasteiger partial charge in [0.05, 0.1) is 0 Å². The third kappa shape index (κ3) is 4.80. The van der Waals surface area contributed by atoms with Crippen LogP contribution in [0.1, 0.15) is 38.6 Å². The van der Waals surface area contributed by atoms with Crippen LogP contribution in [0.2, 0.25) is 0 Å². The van der Waals surface area contributed by atoms with E-state index in [1.807, 2.05) is 32.3 Å². The summed E-state index contributed by atoms with van der Waals surface area (Å²) in [4.78, 5) is 15.8. The van der Waals surface area contributed by atoms with Gasteiger partial charge in [-0.05, 0) is 33.6 Å². The number of hydrogen-bond donors (Lipinski definition) is 2. The molecular weight excluding hydrogens is 262 g/mol. The molecule has 19 heavy (non-hydrogen) atoms. The summed E-state index contributed by atoms with van der Waals surface area (Å²) < 4.78 is 5.22. The Balaban J connectivity index is 1.60. The van der Waals surface area contributed by atoms with Crippen LogP contribution >= 0.6 is 11.3 Å². The number of thiazole rings is 1. The predicted molar refractivity (Wildman–Crippen MR) is 75.1 cm³/mol. The van der Waals surface area contributed by atoms with E-state index in [2.05, 4.69) is 15.6 Å². The Bertz CT molecular complexity index is 408. The zero-order chi connectivity index (χ0) is 13.9. The van der Waals surface area contributed by atoms with Crippen LogP contribution in [-0.4, -0.2) is 28.8 Å². The van der Waals surface area contributed by atoms with Crippen molar-refractivity contribution in [3.63, 3.8) is 0 Å². The van der Waals surface area contributed by atoms with Gasteiger partial charge in [-0.3, -0.25) is 0 Å². The molecule has 1 aromatic heterocycles. The molecule has 0 unspecified atom stereocenters. The van der Waals surface area contributed by atoms with Crippen molar-refractivity contribution >= 4 is 17.4 Å². The number of nitrogens with zero attached hydrogens (tertiary/aromatic N) is 1. The molecule has 0 radical (unpaired) electrons. The molecule has 0 aliphatic heterocycles. The molecule has 0 saturated heterocycles. The first-order valence-electron chi connectivity index (χ1n) is 6.53. The van der Waals surface area contributed by atoms with E-state index in [4.69, 9.17) is 4.74 Å². The smallest absolute Gasteiger partial charge is 0.407 e. The lowest BCUT2D eigenvalue weighted by molar-refractivity contribution is 0.0465. The second kappa shape index (κ2) is 5.88. The molecule has 1 aliphatic rings. The van der Waals surface area contributed by atoms with Gasteiger partial charge in [-0.15, -0.1) is 11.3 Å². The Morgan fingerprint density at radius 2 is 2.21 bits per heavy atom. The topological polar surface area (TPSA) is 63.2 Å². The van der Waals surface area contributed by atoms with Crippen molar-refractivity contribution in [2.24, 2.45) is 0 Å². The predicted octanol–water partition coefficient (Wildman–Crippen LogP) is 2.29. The molecule has 106 valence electrons. The quantitative estimate of drug-likeness (QED) is 0.890. The van der Waals surface area contributed by atoms with Gasteiger partial charge in [-0.2, -0.15) is 0 Å². The summed E-state index contributed by atoms with van der Waals surface area (Å²) in [5, 5.41) is 9.39. The number of ether oxygens (including phenoxy) is 1. The molecule has 0 spiro atoms. The van der Waals surface area contributed by atoms with Gasteiger partial charge in [0.25, 0.3) is 0 Å². The number of carbonyl (C=O) groups excluding carboxylic acids is 1. The van der Waals surface area contributed by atoms with Gasteiger partial charge in [-0.1, -0.05) is 0 Å². The minimum absolute atomic E-state index is 0.226. The monoisotopic (exact) mass is 283 g/mol. The van der Waals surface area contributed by atoms with Crippen LogP contribution in [0.25, 0.3) is 0 Å². The van der Waals surface area contributed by atoms with Crippen LogP contribution in [0.4, 0.5) is 4.79 Å². The van der Waals surface area contributed by atoms with Crippen LogP contribution in [0, 0.1) is 0 Å². The first kappa shape index (κ1) is 14.3. The number of carbonyl (C=O) groups is 1. The van der Waals surface area contributed by atoms with Gasteiger partial charge in [0, 0.05) is 30.2 Å². The van der Waals surface area contributed by atoms with Crippen molar-refractivity contribution < 1.29 is 9.53 Å². The fraction of sp³-hybridized carbons (Fsp3) is 0.692. The largest absolute Gasteiger partial charge is 0.444 e. The van der Waals surface area contributed by atoms with E-state index in [0.717, 1.165) is 24.4 Å². The number of rotatable bonds is 4. The van der Waals surface area contributed by atoms with Gasteiger partial charge in [0.2, 0.25) is 0 Å². The summed E-state index contributed by atoms with van der Waals surface area (Å²) in [6, 6.07) is 0.687. The lowest BCUT2D eigenvalue weighted by Gasteiger charge is -2.36. The Labute approximate surface area is 117 Å². The van der Waals surface area contributed by atoms with Crippen molar-refractivity contribution in [1.29, 1.82) is 0 Å². The van der Waals surface area contributed by atoms with Gasteiger partial charge in [0.1, 0.15) is 10.6 Å². The molecule has 1 heterocycles. The van der Waals surface area contributed by atoms with Crippen LogP contribution in [0.5, 0.6) is 0 Å². The van der Waals surface area contributed by atoms with Crippen molar-refractivity contribution in [3.05, 3.63) is 16.6 Å². The minimum atomic E-state index is -0.434. The lowest BCUT2D eigenvalue weighted by Crippen LogP contribution is -2.52. The number of hydrogen-bond acceptors (Lipinski definition) is 5. The Morgan fingerprint density at radius 3 is 2.79 bits per heavy atom. The second-order valence-electron chi connectivity index (χ2n) is 5.82. The molecule has 0 aromatic carbocycles. The molecule has 2 N–H and O–H groups in total. The molecule has 2 rings (SSSR count). The van der Waals surface area contributed by atoms with Gasteiger partial charge in [0.15, 0.2) is 0 Å². The summed E-state index contributed by atoms with van der Waals surface area (Å²) in [6.45, 7) is 6.41. The average Bonchev–Trinajstić information content (AvgIpc) is 2.71. The zero-order valence-corrected chi connectivity index (χ0v) is 12.4. The van der Waals surface area contributed by atoms with E-state index in [9.17, 15) is 4.79 Å². The highest BCUT2D eigenvalue weighted by Crippen LogP contribution is 2.21. The first-order valence-corrected chi connectivity index (χ1v) is 7.41. The fourth-order valence-corrected chi connectivity index (χ4v) is 2.52. The summed E-state index contributed by atoms with van der Waals surface area (Å²) in [6.07, 6.45) is 3.39. The summed E-state index contributed by atoms with van der Waals surface area (Å²) in [5.41, 5.74) is -0.434. The van der Waals surface area contributed by atoms with E-state index in [0.29, 0.717) is 6.04 Å². The number of amides is 1. The van der Waals surface area contributed by atoms with Crippen molar-refractivity contribution in [2.75, 3.05) is 0 Å². The molecule has 1 aliphatic carbocycles. The molecule has 0 bridgehead atoms. The third-order valence-corrected chi connectivity index (χ3v) is 3.66. The summed E-state index contributed by atoms with van der Waals surface area (Å²) >= 11 is 1.65. The minimum Gasteiger partial charge on any atom is -0.444 e. The molecular formula is C13H21N3O2S. The molecule has 0 atom stereocenters. The Morgan fingerprint density at radius 1 is 1.47 bits per heavy atom. The number of alkyl carbamates (subject to hydrolysis) is 1. The van der Waals surface area contributed by atoms with Crippen LogP contribution in [0.3, 0.4) is 0 Å². The average molecular weight is 283 g/mol. The fourth-order valence-electron chi connectivity index (χ4n) is 1.95. The lowest BCUT2D eigenvalue weighted by atomic mass is 9.87. The Kier molecular flexibility index (Phi) is 4.42. The number of nitrogens with one attached hydrogen (secondary N) is 2. The Hall–Kier alpha value is -1.14. The van der Waals surface area contributed by atoms with Gasteiger partial charge >= 0.3 is 6.09 Å². The maximum absolute atomic E-state index is 11.6. The van der Waals surface area contributed by atoms with E-state index in [1.165, 1.54) is 0 Å². The highest BCUT2D eigenvalue weighted by molar-refractivity contribution is 7.09. The summed E-state index contributed by atoms with van der Waals surface area (Å²) in [5.74, 6) is 0. The van der Waals surface area contributed by atoms with Crippen molar-refractivity contribution in [2.45, 2.75) is 57.8 Å². The van der Waals surface area contributed by atoms with E-state index < -0.39 is 5.60 Å². The van der Waals surface area contributed by atoms with Crippen molar-refractivity contribution in [3.8, 4) is 0 Å². The molecule has 6 heteroatoms. The molecule has 5 nitrogen and oxygen atoms in total. The van der Waals surface area contributed by atoms with Crippen molar-refractivity contribution in [1.82, 2.24) is 15.6 Å². The number of aromatic nitrogens is 1. The zero-order valence-electron chi connectivity index (χ0n) is 11.6. The summed E-state index contributed by atoms with van der Waals surface area (Å²) in [7, 11) is 0. The van der Waals surface area contributed by atoms with Crippen LogP contribution in [-0.2, 0) is 11.3 Å². The van der Waals surface area contributed by atoms with E-state index in [-0.39, 0.29) is 12.1 Å². The molecule has 1 aromatic rings. The normalized spacial score (nSPS) is 22.7. The molecule has 1 fully saturated rings. The first-order chi connectivity index (χ1) is 8.92. The van der Waals surface area contributed by atoms with E-state index in [1.54, 1.807) is 11.3 Å². The SMILES string of the molecule is CC(C)(C)OC(=O)NC1CC(NCc2nccs2)C1. The van der Waals surface area contributed by atoms with E-state index >= 15 is 0 Å². The highest BCUT2D eigenvalue weighted by Gasteiger charge is 2.31. The van der Waals surface area contributed by atoms with Crippen LogP contribution < -0.4 is 10.6 Å². The standard InChI is InChI=1S/C13H21N3O2S/c1-13(2,3)18-12(17)16-10-6-9(7-10)15-8-11-14-4-5-19-11/h4-5,9-10,15H,6-8H2,1-3H3,(H,16,17). The maximum Gasteiger partial charge on any atom is 0.407 e. The molecule has 1 amide bonds. The maximum atomic E-state index is 11.6. The van der Waals surface area contributed by atoms with Gasteiger partial charge < -0.3 is 15.4 Å². The van der Waals surface area contributed by atoms with Crippen LogP contribution in [0.15, 0.2) is 11.6 Å². The third-order valence-electron chi connectivity index (χ3n) is 2.88. The highest BCUT2D eigenvalue weighted by atomic mass is 32.1. The molecule has 1 saturated carbocycles.